The number of carbonyl (C=O) groups is 5. The van der Waals surface area contributed by atoms with Crippen LogP contribution in [0.1, 0.15) is 93.1 Å². The molecule has 5 amide bonds. The first-order chi connectivity index (χ1) is 30.8. The van der Waals surface area contributed by atoms with Gasteiger partial charge in [0.15, 0.2) is 5.96 Å². The zero-order valence-electron chi connectivity index (χ0n) is 42.5. The Morgan fingerprint density at radius 1 is 0.939 bits per heavy atom. The number of rotatable bonds is 24. The van der Waals surface area contributed by atoms with Crippen molar-refractivity contribution in [2.45, 2.75) is 136 Å². The van der Waals surface area contributed by atoms with Crippen molar-refractivity contribution in [3.63, 3.8) is 0 Å². The van der Waals surface area contributed by atoms with Gasteiger partial charge in [-0.1, -0.05) is 71.4 Å². The van der Waals surface area contributed by atoms with Crippen LogP contribution in [0.2, 0.25) is 0 Å². The topological polar surface area (TPSA) is 212 Å². The number of carbonyl (C=O) groups excluding carboxylic acids is 5. The van der Waals surface area contributed by atoms with Gasteiger partial charge < -0.3 is 54.7 Å². The highest BCUT2D eigenvalue weighted by Crippen LogP contribution is 2.46. The Morgan fingerprint density at radius 2 is 1.55 bits per heavy atom. The van der Waals surface area contributed by atoms with E-state index in [0.717, 1.165) is 6.42 Å². The zero-order chi connectivity index (χ0) is 50.1. The van der Waals surface area contributed by atoms with Crippen LogP contribution in [-0.4, -0.2) is 177 Å². The van der Waals surface area contributed by atoms with Gasteiger partial charge in [0, 0.05) is 75.5 Å². The Labute approximate surface area is 394 Å². The highest BCUT2D eigenvalue weighted by Gasteiger charge is 2.44. The fraction of sp³-hybridized carbons (Fsp3) is 0.745. The molecular formula is C47H83N8O10P. The number of amides is 5. The first-order valence-corrected chi connectivity index (χ1v) is 25.1. The highest BCUT2D eigenvalue weighted by atomic mass is 31.2. The summed E-state index contributed by atoms with van der Waals surface area (Å²) in [4.78, 5) is 91.3. The quantitative estimate of drug-likeness (QED) is 0.0492. The minimum Gasteiger partial charge on any atom is -0.444 e. The summed E-state index contributed by atoms with van der Waals surface area (Å²) in [6, 6.07) is 7.28. The maximum atomic E-state index is 14.4. The van der Waals surface area contributed by atoms with Crippen molar-refractivity contribution in [2.75, 3.05) is 75.3 Å². The van der Waals surface area contributed by atoms with Crippen molar-refractivity contribution in [3.05, 3.63) is 35.9 Å². The van der Waals surface area contributed by atoms with Gasteiger partial charge >= 0.3 is 6.09 Å². The largest absolute Gasteiger partial charge is 0.444 e. The maximum Gasteiger partial charge on any atom is 0.407 e. The molecule has 0 bridgehead atoms. The number of benzene rings is 1. The molecule has 1 heterocycles. The summed E-state index contributed by atoms with van der Waals surface area (Å²) in [5.74, 6) is -3.30. The van der Waals surface area contributed by atoms with Gasteiger partial charge in [0.2, 0.25) is 31.0 Å². The van der Waals surface area contributed by atoms with Crippen molar-refractivity contribution in [1.29, 1.82) is 0 Å². The molecule has 0 saturated carbocycles. The van der Waals surface area contributed by atoms with Crippen molar-refractivity contribution >= 4 is 43.1 Å². The van der Waals surface area contributed by atoms with Crippen LogP contribution in [0.3, 0.4) is 0 Å². The summed E-state index contributed by atoms with van der Waals surface area (Å²) >= 11 is 0. The van der Waals surface area contributed by atoms with Crippen molar-refractivity contribution in [2.24, 2.45) is 22.7 Å². The second-order valence-corrected chi connectivity index (χ2v) is 21.7. The molecule has 18 nitrogen and oxygen atoms in total. The van der Waals surface area contributed by atoms with E-state index in [1.165, 1.54) is 7.11 Å². The number of hydrogen-bond donors (Lipinski definition) is 4. The van der Waals surface area contributed by atoms with E-state index in [1.807, 2.05) is 71.8 Å². The summed E-state index contributed by atoms with van der Waals surface area (Å²) in [7, 11) is 7.92. The van der Waals surface area contributed by atoms with Gasteiger partial charge in [0.05, 0.1) is 36.6 Å². The van der Waals surface area contributed by atoms with E-state index in [-0.39, 0.29) is 49.6 Å². The number of hydrogen-bond acceptors (Lipinski definition) is 10. The summed E-state index contributed by atoms with van der Waals surface area (Å²) in [5.41, 5.74) is 0.0276. The number of likely N-dealkylation sites (tertiary alicyclic amines) is 1. The second kappa shape index (κ2) is 26.9. The third kappa shape index (κ3) is 17.8. The lowest BCUT2D eigenvalue weighted by Crippen LogP contribution is -2.55. The summed E-state index contributed by atoms with van der Waals surface area (Å²) in [5, 5.41) is 8.03. The smallest absolute Gasteiger partial charge is 0.407 e. The van der Waals surface area contributed by atoms with E-state index in [4.69, 9.17) is 19.2 Å². The molecule has 1 aliphatic heterocycles. The summed E-state index contributed by atoms with van der Waals surface area (Å²) in [6.07, 6.45) is -0.519. The summed E-state index contributed by atoms with van der Waals surface area (Å²) < 4.78 is 31.3. The number of nitrogens with one attached hydrogen (secondary N) is 3. The van der Waals surface area contributed by atoms with E-state index in [0.29, 0.717) is 37.3 Å². The number of likely N-dealkylation sites (N-methyl/N-ethyl adjacent to an activating group) is 1. The maximum absolute atomic E-state index is 14.4. The molecule has 3 unspecified atom stereocenters. The van der Waals surface area contributed by atoms with Gasteiger partial charge in [-0.3, -0.25) is 23.7 Å². The molecule has 0 radical (unpaired) electrons. The molecule has 1 fully saturated rings. The monoisotopic (exact) mass is 951 g/mol. The van der Waals surface area contributed by atoms with Gasteiger partial charge in [-0.25, -0.2) is 9.79 Å². The van der Waals surface area contributed by atoms with Crippen LogP contribution < -0.4 is 16.0 Å². The molecule has 0 aliphatic carbocycles. The lowest BCUT2D eigenvalue weighted by molar-refractivity contribution is -0.146. The number of nitrogens with zero attached hydrogens (tertiary/aromatic N) is 5. The normalized spacial score (nSPS) is 18.1. The Kier molecular flexibility index (Phi) is 23.6. The third-order valence-electron chi connectivity index (χ3n) is 12.0. The first kappa shape index (κ1) is 57.9. The van der Waals surface area contributed by atoms with Crippen LogP contribution in [0.15, 0.2) is 35.3 Å². The molecule has 1 aromatic rings. The van der Waals surface area contributed by atoms with Crippen molar-refractivity contribution in [1.82, 2.24) is 35.6 Å². The van der Waals surface area contributed by atoms with Crippen LogP contribution in [0.4, 0.5) is 4.79 Å². The molecular weight excluding hydrogens is 868 g/mol. The lowest BCUT2D eigenvalue weighted by atomic mass is 9.89. The van der Waals surface area contributed by atoms with Crippen molar-refractivity contribution < 1.29 is 47.6 Å². The average Bonchev–Trinajstić information content (AvgIpc) is 3.72. The van der Waals surface area contributed by atoms with Gasteiger partial charge in [0.25, 0.3) is 0 Å². The number of ether oxygens (including phenoxy) is 3. The van der Waals surface area contributed by atoms with Gasteiger partial charge in [-0.05, 0) is 57.4 Å². The van der Waals surface area contributed by atoms with Crippen LogP contribution in [-0.2, 0) is 44.4 Å². The van der Waals surface area contributed by atoms with E-state index >= 15 is 0 Å². The average molecular weight is 951 g/mol. The molecule has 1 aromatic carbocycles. The van der Waals surface area contributed by atoms with E-state index in [2.05, 4.69) is 16.0 Å². The molecule has 4 N–H and O–H groups in total. The van der Waals surface area contributed by atoms with Gasteiger partial charge in [0.1, 0.15) is 23.6 Å². The number of methoxy groups -OCH3 is 2. The van der Waals surface area contributed by atoms with Crippen LogP contribution >= 0.6 is 7.37 Å². The Bertz CT molecular complexity index is 1780. The molecule has 1 aliphatic rings. The SMILES string of the molecule is CC[C@H](C)[C@@H]([C@@H](CC(=O)N1CCCC1[C@H](OC)[C@@H](C)C(=O)N[C@@H](Cc1ccccc1)P(=O)(O)CC(=O)NCCCNC(=O)OC(C)(C)C)OC)N(C)C(=O)C(N=C(N(C)C)N(C)C)C(C)C. The second-order valence-electron chi connectivity index (χ2n) is 19.3. The first-order valence-electron chi connectivity index (χ1n) is 23.2. The highest BCUT2D eigenvalue weighted by molar-refractivity contribution is 7.59. The number of aliphatic imine (C=N–C) groups is 1. The Hall–Kier alpha value is -4.25. The molecule has 19 heteroatoms. The number of alkyl carbamates (subject to hydrolysis) is 1. The standard InChI is InChI=1S/C47H83N8O10P/c1-16-32(4)41(54(13)44(59)40(31(2)3)51-45(52(9)10)53(11)12)36(63-14)29-39(57)55-27-20-24-35(55)42(64-15)33(5)43(58)50-38(28-34-22-18-17-19-23-34)66(61,62)30-37(56)48-25-21-26-49-46(60)65-47(6,7)8/h17-19,22-23,31-33,35-36,38,40-42H,16,20-21,24-30H2,1-15H3,(H,48,56)(H,49,60)(H,50,58)(H,61,62)/t32-,33+,35?,36+,38+,40?,41-,42+/m0/s1. The molecule has 9 atom stereocenters. The van der Waals surface area contributed by atoms with E-state index in [1.54, 1.807) is 75.9 Å². The van der Waals surface area contributed by atoms with Crippen molar-refractivity contribution in [3.8, 4) is 0 Å². The van der Waals surface area contributed by atoms with E-state index in [9.17, 15) is 33.4 Å². The predicted molar refractivity (Wildman–Crippen MR) is 258 cm³/mol. The fourth-order valence-corrected chi connectivity index (χ4v) is 9.95. The molecule has 0 spiro atoms. The lowest BCUT2D eigenvalue weighted by Gasteiger charge is -2.40. The predicted octanol–water partition coefficient (Wildman–Crippen LogP) is 4.40. The minimum atomic E-state index is -4.38. The van der Waals surface area contributed by atoms with E-state index < -0.39 is 79.1 Å². The van der Waals surface area contributed by atoms with Crippen LogP contribution in [0.25, 0.3) is 0 Å². The zero-order valence-corrected chi connectivity index (χ0v) is 43.4. The summed E-state index contributed by atoms with van der Waals surface area (Å²) in [6.45, 7) is 15.7. The molecule has 1 saturated heterocycles. The number of guanidine groups is 1. The molecule has 0 aromatic heterocycles. The molecule has 376 valence electrons. The fourth-order valence-electron chi connectivity index (χ4n) is 8.38. The Balaban J connectivity index is 2.29. The van der Waals surface area contributed by atoms with Crippen LogP contribution in [0, 0.1) is 17.8 Å². The van der Waals surface area contributed by atoms with Gasteiger partial charge in [-0.2, -0.15) is 0 Å². The van der Waals surface area contributed by atoms with Gasteiger partial charge in [-0.15, -0.1) is 0 Å². The minimum absolute atomic E-state index is 0.0186. The molecule has 66 heavy (non-hydrogen) atoms. The molecule has 2 rings (SSSR count). The Morgan fingerprint density at radius 3 is 2.08 bits per heavy atom. The van der Waals surface area contributed by atoms with Crippen LogP contribution in [0.5, 0.6) is 0 Å². The third-order valence-corrected chi connectivity index (χ3v) is 14.0.